The molecule has 7 nitrogen and oxygen atoms in total. The predicted molar refractivity (Wildman–Crippen MR) is 143 cm³/mol. The minimum atomic E-state index is -6.09. The highest BCUT2D eigenvalue weighted by atomic mass is 127. The lowest BCUT2D eigenvalue weighted by Gasteiger charge is -2.20. The van der Waals surface area contributed by atoms with E-state index in [9.17, 15) is 26.3 Å². The van der Waals surface area contributed by atoms with Gasteiger partial charge in [0.25, 0.3) is 0 Å². The lowest BCUT2D eigenvalue weighted by atomic mass is 10.2. The van der Waals surface area contributed by atoms with Crippen LogP contribution < -0.4 is 25.9 Å². The van der Waals surface area contributed by atoms with E-state index in [-0.39, 0.29) is 26.8 Å². The molecule has 0 atom stereocenters. The number of hydrogen-bond donors (Lipinski definition) is 1. The Labute approximate surface area is 258 Å². The summed E-state index contributed by atoms with van der Waals surface area (Å²) in [5.41, 5.74) is -11.3. The van der Waals surface area contributed by atoms with E-state index in [2.05, 4.69) is 110 Å². The third kappa shape index (κ3) is 19.2. The first-order chi connectivity index (χ1) is 18.4. The molecule has 0 unspecified atom stereocenters. The fraction of sp³-hybridized carbons (Fsp3) is 0.250. The second kappa shape index (κ2) is 16.8. The van der Waals surface area contributed by atoms with E-state index < -0.39 is 31.3 Å². The van der Waals surface area contributed by atoms with Crippen molar-refractivity contribution in [3.05, 3.63) is 95.6 Å². The number of benzene rings is 3. The van der Waals surface area contributed by atoms with Crippen LogP contribution in [0.4, 0.5) is 26.3 Å². The van der Waals surface area contributed by atoms with Crippen LogP contribution in [-0.4, -0.2) is 42.6 Å². The molecule has 0 saturated heterocycles. The van der Waals surface area contributed by atoms with E-state index in [0.29, 0.717) is 0 Å². The van der Waals surface area contributed by atoms with Gasteiger partial charge in [-0.25, -0.2) is 8.42 Å². The molecule has 230 valence electrons. The Morgan fingerprint density at radius 1 is 0.707 bits per heavy atom. The summed E-state index contributed by atoms with van der Waals surface area (Å²) in [6.45, 7) is 6.20. The molecule has 0 aliphatic carbocycles. The zero-order chi connectivity index (χ0) is 32.1. The zero-order valence-corrected chi connectivity index (χ0v) is 27.3. The van der Waals surface area contributed by atoms with E-state index in [4.69, 9.17) is 30.7 Å². The first-order valence-electron chi connectivity index (χ1n) is 10.7. The molecule has 41 heavy (non-hydrogen) atoms. The molecule has 0 heterocycles. The quantitative estimate of drug-likeness (QED) is 0.185. The van der Waals surface area contributed by atoms with Gasteiger partial charge in [-0.2, -0.15) is 34.8 Å². The van der Waals surface area contributed by atoms with Gasteiger partial charge < -0.3 is 9.29 Å². The summed E-state index contributed by atoms with van der Waals surface area (Å²) in [5, 5.41) is 0. The molecule has 3 aromatic rings. The van der Waals surface area contributed by atoms with Crippen molar-refractivity contribution >= 4 is 42.8 Å². The predicted octanol–water partition coefficient (Wildman–Crippen LogP) is 3.73. The van der Waals surface area contributed by atoms with Crippen LogP contribution in [0.1, 0.15) is 20.8 Å². The molecule has 0 aromatic heterocycles. The number of rotatable bonds is 3. The van der Waals surface area contributed by atoms with Crippen molar-refractivity contribution in [2.45, 2.75) is 37.4 Å². The van der Waals surface area contributed by atoms with Crippen LogP contribution in [0.5, 0.6) is 5.75 Å². The van der Waals surface area contributed by atoms with Crippen molar-refractivity contribution in [1.82, 2.24) is 0 Å². The van der Waals surface area contributed by atoms with E-state index >= 15 is 0 Å². The Morgan fingerprint density at radius 3 is 1.32 bits per heavy atom. The summed E-state index contributed by atoms with van der Waals surface area (Å²) >= 11 is 2.21. The molecule has 0 spiro atoms. The molecule has 17 heteroatoms. The Kier molecular flexibility index (Phi) is 16.1. The third-order valence-corrected chi connectivity index (χ3v) is 8.05. The van der Waals surface area contributed by atoms with Gasteiger partial charge in [-0.15, -0.1) is 0 Å². The Hall–Kier alpha value is -1.68. The Morgan fingerprint density at radius 2 is 1.05 bits per heavy atom. The van der Waals surface area contributed by atoms with Crippen molar-refractivity contribution in [3.63, 3.8) is 0 Å². The van der Waals surface area contributed by atoms with Crippen LogP contribution in [-0.2, 0) is 20.2 Å². The summed E-state index contributed by atoms with van der Waals surface area (Å²) in [6.07, 6.45) is 0. The molecule has 3 aromatic carbocycles. The maximum atomic E-state index is 10.7. The summed E-state index contributed by atoms with van der Waals surface area (Å²) in [4.78, 5) is 0. The van der Waals surface area contributed by atoms with Gasteiger partial charge in [-0.3, -0.25) is 4.55 Å². The standard InChI is InChI=1S/C16H18IO.C6H5I.2CHF3O3S/c1-16(2,3)18-15-11-9-14(10-12-15)17-13-7-5-4-6-8-13;7-6-4-2-1-3-5-6;2*2-1(3,4)8(5,6)7/h4-12H,1-3H3;1-5H;2*(H,5,6,7)/q+1;;;/p-1. The second-order valence-electron chi connectivity index (χ2n) is 8.17. The fourth-order valence-corrected chi connectivity index (χ4v) is 4.57. The SMILES string of the molecule is CC(C)(C)Oc1ccc([I+]c2ccccc2)cc1.Ic1ccccc1.O=S(=O)(O)C(F)(F)F.O=S(=O)([O-])C(F)(F)F. The topological polar surface area (TPSA) is 121 Å². The summed E-state index contributed by atoms with van der Waals surface area (Å²) < 4.78 is 126. The first-order valence-corrected chi connectivity index (χ1v) is 16.8. The molecule has 0 fully saturated rings. The van der Waals surface area contributed by atoms with Crippen LogP contribution in [0.25, 0.3) is 0 Å². The van der Waals surface area contributed by atoms with E-state index in [0.717, 1.165) is 5.75 Å². The Bertz CT molecular complexity index is 1340. The van der Waals surface area contributed by atoms with Crippen LogP contribution in [0.3, 0.4) is 0 Å². The average Bonchev–Trinajstić information content (AvgIpc) is 2.79. The lowest BCUT2D eigenvalue weighted by Crippen LogP contribution is -3.61. The smallest absolute Gasteiger partial charge is 0.522 e. The number of halogens is 8. The number of ether oxygens (including phenoxy) is 1. The maximum Gasteiger partial charge on any atom is 0.522 e. The highest BCUT2D eigenvalue weighted by Crippen LogP contribution is 2.21. The van der Waals surface area contributed by atoms with Crippen molar-refractivity contribution in [3.8, 4) is 5.75 Å². The Balaban J connectivity index is 0.000000582. The minimum Gasteiger partial charge on any atom is -0.741 e. The van der Waals surface area contributed by atoms with Gasteiger partial charge in [0.1, 0.15) is 11.4 Å². The van der Waals surface area contributed by atoms with Crippen molar-refractivity contribution < 1.29 is 78.2 Å². The van der Waals surface area contributed by atoms with E-state index in [1.807, 2.05) is 18.2 Å². The second-order valence-corrected chi connectivity index (χ2v) is 15.2. The normalized spacial score (nSPS) is 11.9. The van der Waals surface area contributed by atoms with Gasteiger partial charge in [0.15, 0.2) is 17.3 Å². The third-order valence-electron chi connectivity index (χ3n) is 3.50. The van der Waals surface area contributed by atoms with Crippen LogP contribution in [0, 0.1) is 10.7 Å². The van der Waals surface area contributed by atoms with Crippen LogP contribution in [0.15, 0.2) is 84.9 Å². The average molecular weight is 856 g/mol. The van der Waals surface area contributed by atoms with Gasteiger partial charge in [-0.05, 0) is 91.9 Å². The monoisotopic (exact) mass is 856 g/mol. The molecule has 3 rings (SSSR count). The molecule has 0 bridgehead atoms. The minimum absolute atomic E-state index is 0.0737. The number of hydrogen-bond acceptors (Lipinski definition) is 6. The largest absolute Gasteiger partial charge is 0.741 e. The van der Waals surface area contributed by atoms with Crippen molar-refractivity contribution in [2.24, 2.45) is 0 Å². The molecule has 0 aliphatic rings. The van der Waals surface area contributed by atoms with Crippen LogP contribution >= 0.6 is 22.6 Å². The lowest BCUT2D eigenvalue weighted by molar-refractivity contribution is -0.597. The highest BCUT2D eigenvalue weighted by Gasteiger charge is 2.44. The molecule has 0 amide bonds. The van der Waals surface area contributed by atoms with Gasteiger partial charge in [0.2, 0.25) is 0 Å². The van der Waals surface area contributed by atoms with Gasteiger partial charge in [-0.1, -0.05) is 36.4 Å². The van der Waals surface area contributed by atoms with Gasteiger partial charge >= 0.3 is 42.3 Å². The van der Waals surface area contributed by atoms with E-state index in [1.165, 1.54) is 10.7 Å². The summed E-state index contributed by atoms with van der Waals surface area (Å²) in [7, 11) is -11.9. The fourth-order valence-electron chi connectivity index (χ4n) is 1.94. The number of alkyl halides is 6. The summed E-state index contributed by atoms with van der Waals surface area (Å²) in [6, 6.07) is 29.4. The highest BCUT2D eigenvalue weighted by molar-refractivity contribution is 14.1. The maximum absolute atomic E-state index is 10.7. The molecular weight excluding hydrogens is 832 g/mol. The van der Waals surface area contributed by atoms with Crippen LogP contribution in [0.2, 0.25) is 0 Å². The molecule has 0 radical (unpaired) electrons. The molecule has 0 aliphatic heterocycles. The van der Waals surface area contributed by atoms with Crippen molar-refractivity contribution in [2.75, 3.05) is 0 Å². The molecular formula is C24H24F6I2O7S2. The molecule has 0 saturated carbocycles. The van der Waals surface area contributed by atoms with E-state index in [1.54, 1.807) is 0 Å². The zero-order valence-electron chi connectivity index (χ0n) is 21.3. The first kappa shape index (κ1) is 39.3. The van der Waals surface area contributed by atoms with Gasteiger partial charge in [0.05, 0.1) is 0 Å². The van der Waals surface area contributed by atoms with Gasteiger partial charge in [0, 0.05) is 3.57 Å². The van der Waals surface area contributed by atoms with Crippen molar-refractivity contribution in [1.29, 1.82) is 0 Å². The molecule has 1 N–H and O–H groups in total. The summed E-state index contributed by atoms with van der Waals surface area (Å²) in [5.74, 6) is 0.948.